The van der Waals surface area contributed by atoms with Crippen molar-refractivity contribution in [1.82, 2.24) is 14.9 Å². The number of carbonyl (C=O) groups excluding carboxylic acids is 1. The normalized spacial score (nSPS) is 12.4. The van der Waals surface area contributed by atoms with E-state index in [1.54, 1.807) is 6.07 Å². The highest BCUT2D eigenvalue weighted by molar-refractivity contribution is 6.01. The summed E-state index contributed by atoms with van der Waals surface area (Å²) in [5.74, 6) is -0.259. The number of nitrogens with one attached hydrogen (secondary N) is 1. The summed E-state index contributed by atoms with van der Waals surface area (Å²) in [6.45, 7) is 3.81. The van der Waals surface area contributed by atoms with Crippen molar-refractivity contribution in [3.63, 3.8) is 0 Å². The molecule has 1 atom stereocenters. The summed E-state index contributed by atoms with van der Waals surface area (Å²) in [5, 5.41) is 3.72. The number of nitrogens with zero attached hydrogens (tertiary/aromatic N) is 2. The van der Waals surface area contributed by atoms with Gasteiger partial charge in [0.2, 0.25) is 11.5 Å². The van der Waals surface area contributed by atoms with E-state index in [1.807, 2.05) is 56.3 Å². The Morgan fingerprint density at radius 2 is 1.93 bits per heavy atom. The highest BCUT2D eigenvalue weighted by atomic mass is 16.3. The van der Waals surface area contributed by atoms with Gasteiger partial charge in [-0.1, -0.05) is 36.4 Å². The largest absolute Gasteiger partial charge is 0.448 e. The second-order valence-electron chi connectivity index (χ2n) is 6.60. The van der Waals surface area contributed by atoms with Crippen molar-refractivity contribution in [2.75, 3.05) is 0 Å². The van der Waals surface area contributed by atoms with E-state index in [0.29, 0.717) is 11.1 Å². The first-order valence-electron chi connectivity index (χ1n) is 8.76. The van der Waals surface area contributed by atoms with Gasteiger partial charge in [-0.25, -0.2) is 4.98 Å². The third-order valence-corrected chi connectivity index (χ3v) is 4.70. The minimum atomic E-state index is -0.366. The van der Waals surface area contributed by atoms with Gasteiger partial charge in [0.15, 0.2) is 0 Å². The Balaban J connectivity index is 1.59. The van der Waals surface area contributed by atoms with E-state index in [2.05, 4.69) is 10.3 Å². The number of amides is 1. The summed E-state index contributed by atoms with van der Waals surface area (Å²) in [7, 11) is 0. The first kappa shape index (κ1) is 17.0. The summed E-state index contributed by atoms with van der Waals surface area (Å²) < 4.78 is 6.91. The van der Waals surface area contributed by atoms with Crippen LogP contribution >= 0.6 is 0 Å². The molecule has 0 bridgehead atoms. The molecule has 4 rings (SSSR count). The van der Waals surface area contributed by atoms with Crippen LogP contribution in [0.25, 0.3) is 22.1 Å². The molecule has 0 aliphatic heterocycles. The predicted octanol–water partition coefficient (Wildman–Crippen LogP) is 3.33. The summed E-state index contributed by atoms with van der Waals surface area (Å²) in [5.41, 5.74) is 3.07. The summed E-state index contributed by atoms with van der Waals surface area (Å²) in [4.78, 5) is 29.5. The number of furan rings is 1. The van der Waals surface area contributed by atoms with Crippen LogP contribution in [0.15, 0.2) is 64.1 Å². The van der Waals surface area contributed by atoms with Gasteiger partial charge in [0.25, 0.3) is 5.56 Å². The van der Waals surface area contributed by atoms with Crippen LogP contribution in [-0.2, 0) is 11.3 Å². The average molecular weight is 361 g/mol. The van der Waals surface area contributed by atoms with E-state index in [4.69, 9.17) is 4.42 Å². The van der Waals surface area contributed by atoms with E-state index in [0.717, 1.165) is 16.5 Å². The summed E-state index contributed by atoms with van der Waals surface area (Å²) in [6, 6.07) is 15.1. The van der Waals surface area contributed by atoms with Crippen molar-refractivity contribution < 1.29 is 9.21 Å². The van der Waals surface area contributed by atoms with Gasteiger partial charge < -0.3 is 9.73 Å². The Hall–Kier alpha value is -3.41. The molecule has 2 aromatic heterocycles. The standard InChI is InChI=1S/C21H19N3O3/c1-13-7-3-4-8-15(13)14(2)23-18(25)11-24-12-22-19-16-9-5-6-10-17(16)27-20(19)21(24)26/h3-10,12,14H,11H2,1-2H3,(H,23,25)/t14-/m1/s1. The van der Waals surface area contributed by atoms with Gasteiger partial charge in [-0.3, -0.25) is 14.2 Å². The van der Waals surface area contributed by atoms with Gasteiger partial charge in [0.1, 0.15) is 17.6 Å². The second kappa shape index (κ2) is 6.72. The second-order valence-corrected chi connectivity index (χ2v) is 6.60. The van der Waals surface area contributed by atoms with E-state index in [-0.39, 0.29) is 29.6 Å². The number of hydrogen-bond donors (Lipinski definition) is 1. The van der Waals surface area contributed by atoms with Crippen LogP contribution in [0.4, 0.5) is 0 Å². The third-order valence-electron chi connectivity index (χ3n) is 4.70. The summed E-state index contributed by atoms with van der Waals surface area (Å²) in [6.07, 6.45) is 1.39. The quantitative estimate of drug-likeness (QED) is 0.605. The van der Waals surface area contributed by atoms with Crippen molar-refractivity contribution in [2.45, 2.75) is 26.4 Å². The number of hydrogen-bond acceptors (Lipinski definition) is 4. The van der Waals surface area contributed by atoms with Crippen molar-refractivity contribution >= 4 is 28.0 Å². The molecule has 0 spiro atoms. The molecule has 0 unspecified atom stereocenters. The Kier molecular flexibility index (Phi) is 4.24. The lowest BCUT2D eigenvalue weighted by atomic mass is 10.0. The SMILES string of the molecule is Cc1ccccc1[C@@H](C)NC(=O)Cn1cnc2c(oc3ccccc32)c1=O. The highest BCUT2D eigenvalue weighted by Gasteiger charge is 2.16. The van der Waals surface area contributed by atoms with Crippen molar-refractivity contribution in [1.29, 1.82) is 0 Å². The zero-order chi connectivity index (χ0) is 19.0. The first-order valence-corrected chi connectivity index (χ1v) is 8.76. The average Bonchev–Trinajstić information content (AvgIpc) is 3.04. The number of carbonyl (C=O) groups is 1. The minimum absolute atomic E-state index is 0.116. The molecule has 2 heterocycles. The molecular weight excluding hydrogens is 342 g/mol. The van der Waals surface area contributed by atoms with Crippen molar-refractivity contribution in [3.8, 4) is 0 Å². The Labute approximate surface area is 155 Å². The monoisotopic (exact) mass is 361 g/mol. The zero-order valence-corrected chi connectivity index (χ0v) is 15.1. The van der Waals surface area contributed by atoms with E-state index in [9.17, 15) is 9.59 Å². The Morgan fingerprint density at radius 3 is 2.74 bits per heavy atom. The molecule has 1 N–H and O–H groups in total. The van der Waals surface area contributed by atoms with E-state index < -0.39 is 0 Å². The lowest BCUT2D eigenvalue weighted by molar-refractivity contribution is -0.122. The third kappa shape index (κ3) is 3.10. The lowest BCUT2D eigenvalue weighted by Gasteiger charge is -2.16. The minimum Gasteiger partial charge on any atom is -0.448 e. The number of rotatable bonds is 4. The van der Waals surface area contributed by atoms with Crippen LogP contribution in [0.1, 0.15) is 24.1 Å². The molecule has 0 saturated carbocycles. The molecule has 6 heteroatoms. The fraction of sp³-hybridized carbons (Fsp3) is 0.190. The highest BCUT2D eigenvalue weighted by Crippen LogP contribution is 2.24. The van der Waals surface area contributed by atoms with Crippen LogP contribution in [-0.4, -0.2) is 15.5 Å². The molecule has 6 nitrogen and oxygen atoms in total. The maximum atomic E-state index is 12.7. The predicted molar refractivity (Wildman–Crippen MR) is 104 cm³/mol. The molecular formula is C21H19N3O3. The fourth-order valence-corrected chi connectivity index (χ4v) is 3.32. The number of aryl methyl sites for hydroxylation is 1. The van der Waals surface area contributed by atoms with Gasteiger partial charge >= 0.3 is 0 Å². The molecule has 4 aromatic rings. The molecule has 136 valence electrons. The Morgan fingerprint density at radius 1 is 1.19 bits per heavy atom. The van der Waals surface area contributed by atoms with Gasteiger partial charge in [-0.05, 0) is 37.1 Å². The van der Waals surface area contributed by atoms with E-state index >= 15 is 0 Å². The van der Waals surface area contributed by atoms with Crippen LogP contribution in [0, 0.1) is 6.92 Å². The molecule has 0 aliphatic carbocycles. The van der Waals surface area contributed by atoms with Gasteiger partial charge in [0.05, 0.1) is 12.4 Å². The van der Waals surface area contributed by atoms with Crippen molar-refractivity contribution in [3.05, 3.63) is 76.3 Å². The van der Waals surface area contributed by atoms with E-state index in [1.165, 1.54) is 10.9 Å². The Bertz CT molecular complexity index is 1210. The number of aromatic nitrogens is 2. The van der Waals surface area contributed by atoms with Gasteiger partial charge in [-0.15, -0.1) is 0 Å². The summed E-state index contributed by atoms with van der Waals surface area (Å²) >= 11 is 0. The van der Waals surface area contributed by atoms with Crippen LogP contribution in [0.2, 0.25) is 0 Å². The van der Waals surface area contributed by atoms with Gasteiger partial charge in [0, 0.05) is 5.39 Å². The zero-order valence-electron chi connectivity index (χ0n) is 15.1. The molecule has 0 fully saturated rings. The smallest absolute Gasteiger partial charge is 0.297 e. The fourth-order valence-electron chi connectivity index (χ4n) is 3.32. The molecule has 1 amide bonds. The number of benzene rings is 2. The number of para-hydroxylation sites is 1. The van der Waals surface area contributed by atoms with Gasteiger partial charge in [-0.2, -0.15) is 0 Å². The maximum absolute atomic E-state index is 12.7. The molecule has 0 aliphatic rings. The molecule has 2 aromatic carbocycles. The van der Waals surface area contributed by atoms with Crippen LogP contribution < -0.4 is 10.9 Å². The lowest BCUT2D eigenvalue weighted by Crippen LogP contribution is -2.34. The number of fused-ring (bicyclic) bond motifs is 3. The maximum Gasteiger partial charge on any atom is 0.297 e. The van der Waals surface area contributed by atoms with Crippen molar-refractivity contribution in [2.24, 2.45) is 0 Å². The first-order chi connectivity index (χ1) is 13.0. The van der Waals surface area contributed by atoms with Crippen LogP contribution in [0.3, 0.4) is 0 Å². The topological polar surface area (TPSA) is 77.1 Å². The molecule has 0 radical (unpaired) electrons. The molecule has 27 heavy (non-hydrogen) atoms. The molecule has 0 saturated heterocycles. The van der Waals surface area contributed by atoms with Crippen LogP contribution in [0.5, 0.6) is 0 Å².